The first-order chi connectivity index (χ1) is 11.6. The van der Waals surface area contributed by atoms with Gasteiger partial charge in [0.15, 0.2) is 11.5 Å². The molecule has 3 rings (SSSR count). The minimum absolute atomic E-state index is 0.0733. The number of nitrogens with two attached hydrogens (primary N) is 2. The molecule has 0 unspecified atom stereocenters. The van der Waals surface area contributed by atoms with Gasteiger partial charge in [0.1, 0.15) is 6.54 Å². The quantitative estimate of drug-likeness (QED) is 0.247. The number of aromatic nitrogens is 1. The van der Waals surface area contributed by atoms with Gasteiger partial charge in [0, 0.05) is 24.1 Å². The maximum absolute atomic E-state index is 12.7. The van der Waals surface area contributed by atoms with Crippen molar-refractivity contribution >= 4 is 29.3 Å². The molecular formula is C16H15N5O3. The van der Waals surface area contributed by atoms with E-state index in [1.54, 1.807) is 48.8 Å². The molecule has 2 heterocycles. The molecule has 0 spiro atoms. The predicted octanol–water partition coefficient (Wildman–Crippen LogP) is 0.420. The Balaban J connectivity index is 2.04. The fraction of sp³-hybridized carbons (Fsp3) is 0.0625. The van der Waals surface area contributed by atoms with Crippen LogP contribution >= 0.6 is 0 Å². The molecule has 5 N–H and O–H groups in total. The van der Waals surface area contributed by atoms with E-state index >= 15 is 0 Å². The van der Waals surface area contributed by atoms with Gasteiger partial charge in [-0.05, 0) is 35.9 Å². The topological polar surface area (TPSA) is 124 Å². The van der Waals surface area contributed by atoms with Crippen LogP contribution in [-0.2, 0) is 9.59 Å². The predicted molar refractivity (Wildman–Crippen MR) is 88.4 cm³/mol. The van der Waals surface area contributed by atoms with Crippen LogP contribution in [0.25, 0.3) is 6.08 Å². The van der Waals surface area contributed by atoms with Crippen molar-refractivity contribution in [1.29, 1.82) is 0 Å². The number of carbonyl (C=O) groups excluding carboxylic acids is 2. The summed E-state index contributed by atoms with van der Waals surface area (Å²) in [6.45, 7) is -0.233. The van der Waals surface area contributed by atoms with Gasteiger partial charge >= 0.3 is 0 Å². The van der Waals surface area contributed by atoms with Gasteiger partial charge < -0.3 is 10.5 Å². The fourth-order valence-corrected chi connectivity index (χ4v) is 2.29. The molecule has 1 aliphatic rings. The summed E-state index contributed by atoms with van der Waals surface area (Å²) in [6.07, 6.45) is 4.78. The summed E-state index contributed by atoms with van der Waals surface area (Å²) in [5.41, 5.74) is 9.46. The molecule has 0 radical (unpaired) electrons. The average molecular weight is 325 g/mol. The van der Waals surface area contributed by atoms with Crippen LogP contribution in [0.3, 0.4) is 0 Å². The number of nitrogens with one attached hydrogen (secondary N) is 1. The molecule has 2 aromatic rings. The zero-order valence-corrected chi connectivity index (χ0v) is 12.6. The van der Waals surface area contributed by atoms with Crippen LogP contribution in [0, 0.1) is 0 Å². The first kappa shape index (κ1) is 15.5. The number of nitrogens with zero attached hydrogens (tertiary/aromatic N) is 2. The van der Waals surface area contributed by atoms with Crippen molar-refractivity contribution in [3.8, 4) is 5.75 Å². The normalized spacial score (nSPS) is 15.0. The summed E-state index contributed by atoms with van der Waals surface area (Å²) >= 11 is 0. The van der Waals surface area contributed by atoms with Crippen LogP contribution in [0.5, 0.6) is 5.75 Å². The third-order valence-corrected chi connectivity index (χ3v) is 3.42. The number of fused-ring (bicyclic) bond motifs is 1. The number of carbonyl (C=O) groups is 2. The number of hydrazine groups is 1. The zero-order valence-electron chi connectivity index (χ0n) is 12.6. The van der Waals surface area contributed by atoms with Gasteiger partial charge in [-0.25, -0.2) is 5.84 Å². The number of pyridine rings is 1. The van der Waals surface area contributed by atoms with Crippen molar-refractivity contribution in [2.45, 2.75) is 0 Å². The maximum Gasteiger partial charge on any atom is 0.294 e. The molecule has 0 saturated carbocycles. The molecule has 24 heavy (non-hydrogen) atoms. The van der Waals surface area contributed by atoms with Crippen molar-refractivity contribution in [3.63, 3.8) is 0 Å². The van der Waals surface area contributed by atoms with Crippen molar-refractivity contribution < 1.29 is 14.3 Å². The first-order valence-electron chi connectivity index (χ1n) is 7.09. The van der Waals surface area contributed by atoms with Crippen molar-refractivity contribution in [2.24, 2.45) is 5.84 Å². The largest absolute Gasteiger partial charge is 0.449 e. The molecule has 122 valence electrons. The number of anilines is 2. The average Bonchev–Trinajstić information content (AvgIpc) is 2.59. The lowest BCUT2D eigenvalue weighted by molar-refractivity contribution is -0.123. The minimum Gasteiger partial charge on any atom is -0.449 e. The minimum atomic E-state index is -0.503. The van der Waals surface area contributed by atoms with Gasteiger partial charge in [-0.1, -0.05) is 0 Å². The van der Waals surface area contributed by atoms with Gasteiger partial charge in [-0.2, -0.15) is 0 Å². The molecule has 1 aromatic carbocycles. The van der Waals surface area contributed by atoms with Crippen molar-refractivity contribution in [3.05, 3.63) is 54.0 Å². The SMILES string of the molecule is NNC(=O)CN1C(=O)/C(=C\c2ccncc2)Oc2cc(N)ccc21. The lowest BCUT2D eigenvalue weighted by Gasteiger charge is -2.30. The summed E-state index contributed by atoms with van der Waals surface area (Å²) in [6, 6.07) is 8.30. The number of ether oxygens (including phenoxy) is 1. The summed E-state index contributed by atoms with van der Waals surface area (Å²) in [5.74, 6) is 4.63. The molecule has 1 aromatic heterocycles. The third kappa shape index (κ3) is 3.03. The monoisotopic (exact) mass is 325 g/mol. The Labute approximate surface area is 137 Å². The Morgan fingerprint density at radius 1 is 1.29 bits per heavy atom. The number of rotatable bonds is 3. The van der Waals surface area contributed by atoms with E-state index in [4.69, 9.17) is 16.3 Å². The van der Waals surface area contributed by atoms with E-state index in [1.165, 1.54) is 4.90 Å². The number of hydrogen-bond donors (Lipinski definition) is 3. The summed E-state index contributed by atoms with van der Waals surface area (Å²) in [5, 5.41) is 0. The van der Waals surface area contributed by atoms with Crippen molar-refractivity contribution in [2.75, 3.05) is 17.2 Å². The highest BCUT2D eigenvalue weighted by Crippen LogP contribution is 2.37. The summed E-state index contributed by atoms with van der Waals surface area (Å²) in [4.78, 5) is 29.5. The highest BCUT2D eigenvalue weighted by Gasteiger charge is 2.31. The number of amides is 2. The maximum atomic E-state index is 12.7. The second-order valence-electron chi connectivity index (χ2n) is 5.08. The van der Waals surface area contributed by atoms with Crippen molar-refractivity contribution in [1.82, 2.24) is 10.4 Å². The number of nitrogen functional groups attached to an aromatic ring is 1. The first-order valence-corrected chi connectivity index (χ1v) is 7.09. The van der Waals surface area contributed by atoms with E-state index in [0.29, 0.717) is 17.1 Å². The van der Waals surface area contributed by atoms with Gasteiger partial charge in [0.2, 0.25) is 0 Å². The van der Waals surface area contributed by atoms with E-state index in [0.717, 1.165) is 5.56 Å². The summed E-state index contributed by atoms with van der Waals surface area (Å²) in [7, 11) is 0. The molecule has 0 atom stereocenters. The van der Waals surface area contributed by atoms with E-state index in [2.05, 4.69) is 4.98 Å². The molecule has 0 bridgehead atoms. The Kier molecular flexibility index (Phi) is 4.13. The number of hydrogen-bond acceptors (Lipinski definition) is 6. The van der Waals surface area contributed by atoms with Crippen LogP contribution < -0.4 is 26.6 Å². The summed E-state index contributed by atoms with van der Waals surface area (Å²) < 4.78 is 5.68. The van der Waals surface area contributed by atoms with Crippen LogP contribution in [0.4, 0.5) is 11.4 Å². The van der Waals surface area contributed by atoms with Gasteiger partial charge in [-0.3, -0.25) is 24.9 Å². The zero-order chi connectivity index (χ0) is 17.1. The molecule has 0 fully saturated rings. The smallest absolute Gasteiger partial charge is 0.294 e. The molecule has 0 saturated heterocycles. The highest BCUT2D eigenvalue weighted by molar-refractivity contribution is 6.12. The lowest BCUT2D eigenvalue weighted by Crippen LogP contribution is -2.45. The highest BCUT2D eigenvalue weighted by atomic mass is 16.5. The van der Waals surface area contributed by atoms with Gasteiger partial charge in [0.25, 0.3) is 11.8 Å². The van der Waals surface area contributed by atoms with E-state index < -0.39 is 11.8 Å². The lowest BCUT2D eigenvalue weighted by atomic mass is 10.1. The van der Waals surface area contributed by atoms with E-state index in [9.17, 15) is 9.59 Å². The van der Waals surface area contributed by atoms with Crippen LogP contribution in [0.2, 0.25) is 0 Å². The molecule has 8 nitrogen and oxygen atoms in total. The molecule has 8 heteroatoms. The third-order valence-electron chi connectivity index (χ3n) is 3.42. The Bertz CT molecular complexity index is 820. The molecule has 0 aliphatic carbocycles. The fourth-order valence-electron chi connectivity index (χ4n) is 2.29. The van der Waals surface area contributed by atoms with Crippen LogP contribution in [0.15, 0.2) is 48.5 Å². The van der Waals surface area contributed by atoms with E-state index in [-0.39, 0.29) is 12.3 Å². The Morgan fingerprint density at radius 2 is 2.04 bits per heavy atom. The van der Waals surface area contributed by atoms with Gasteiger partial charge in [0.05, 0.1) is 5.69 Å². The Morgan fingerprint density at radius 3 is 2.75 bits per heavy atom. The molecule has 2 amide bonds. The molecular weight excluding hydrogens is 310 g/mol. The van der Waals surface area contributed by atoms with E-state index in [1.807, 2.05) is 5.43 Å². The molecule has 1 aliphatic heterocycles. The number of benzene rings is 1. The second-order valence-corrected chi connectivity index (χ2v) is 5.08. The second kappa shape index (κ2) is 6.39. The standard InChI is InChI=1S/C16H15N5O3/c17-11-1-2-12-13(8-11)24-14(7-10-3-5-19-6-4-10)16(23)21(12)9-15(22)20-18/h1-8H,9,17-18H2,(H,20,22)/b14-7+. The Hall–Kier alpha value is -3.39. The van der Waals surface area contributed by atoms with Crippen LogP contribution in [-0.4, -0.2) is 23.3 Å². The van der Waals surface area contributed by atoms with Gasteiger partial charge in [-0.15, -0.1) is 0 Å². The van der Waals surface area contributed by atoms with Crippen LogP contribution in [0.1, 0.15) is 5.56 Å².